The number of aliphatic hydroxyl groups is 1. The van der Waals surface area contributed by atoms with Gasteiger partial charge in [-0.3, -0.25) is 4.79 Å². The molecule has 3 rings (SSSR count). The molecule has 0 aromatic carbocycles. The summed E-state index contributed by atoms with van der Waals surface area (Å²) in [7, 11) is 0. The SMILES string of the molecule is C[C@H](O)c1ccc(N2CCN3C(=O)CCC3C2)nc1. The van der Waals surface area contributed by atoms with Gasteiger partial charge >= 0.3 is 0 Å². The predicted octanol–water partition coefficient (Wildman–Crippen LogP) is 0.946. The maximum Gasteiger partial charge on any atom is 0.223 e. The largest absolute Gasteiger partial charge is 0.389 e. The summed E-state index contributed by atoms with van der Waals surface area (Å²) in [6, 6.07) is 4.22. The van der Waals surface area contributed by atoms with Crippen LogP contribution in [-0.4, -0.2) is 46.6 Å². The summed E-state index contributed by atoms with van der Waals surface area (Å²) >= 11 is 0. The van der Waals surface area contributed by atoms with Crippen LogP contribution < -0.4 is 4.90 Å². The van der Waals surface area contributed by atoms with Gasteiger partial charge in [-0.15, -0.1) is 0 Å². The molecular weight excluding hydrogens is 242 g/mol. The first kappa shape index (κ1) is 12.4. The van der Waals surface area contributed by atoms with Crippen LogP contribution in [0.5, 0.6) is 0 Å². The second-order valence-electron chi connectivity index (χ2n) is 5.35. The Kier molecular flexibility index (Phi) is 3.14. The lowest BCUT2D eigenvalue weighted by atomic mass is 10.1. The van der Waals surface area contributed by atoms with E-state index in [4.69, 9.17) is 0 Å². The van der Waals surface area contributed by atoms with E-state index in [1.54, 1.807) is 13.1 Å². The number of hydrogen-bond acceptors (Lipinski definition) is 4. The van der Waals surface area contributed by atoms with Gasteiger partial charge in [0.05, 0.1) is 6.10 Å². The lowest BCUT2D eigenvalue weighted by molar-refractivity contribution is -0.129. The monoisotopic (exact) mass is 261 g/mol. The van der Waals surface area contributed by atoms with E-state index in [0.29, 0.717) is 18.4 Å². The molecule has 2 aliphatic rings. The van der Waals surface area contributed by atoms with Crippen LogP contribution in [0.2, 0.25) is 0 Å². The van der Waals surface area contributed by atoms with E-state index < -0.39 is 6.10 Å². The van der Waals surface area contributed by atoms with Crippen LogP contribution in [0.15, 0.2) is 18.3 Å². The molecule has 3 heterocycles. The molecule has 0 spiro atoms. The number of piperazine rings is 1. The lowest BCUT2D eigenvalue weighted by Gasteiger charge is -2.38. The highest BCUT2D eigenvalue weighted by atomic mass is 16.3. The molecule has 2 atom stereocenters. The van der Waals surface area contributed by atoms with Crippen LogP contribution in [0.1, 0.15) is 31.4 Å². The summed E-state index contributed by atoms with van der Waals surface area (Å²) < 4.78 is 0. The fourth-order valence-electron chi connectivity index (χ4n) is 2.90. The summed E-state index contributed by atoms with van der Waals surface area (Å²) in [6.45, 7) is 4.24. The number of fused-ring (bicyclic) bond motifs is 1. The van der Waals surface area contributed by atoms with Gasteiger partial charge in [0.15, 0.2) is 0 Å². The molecule has 1 aromatic heterocycles. The van der Waals surface area contributed by atoms with E-state index in [9.17, 15) is 9.90 Å². The number of carbonyl (C=O) groups excluding carboxylic acids is 1. The molecule has 19 heavy (non-hydrogen) atoms. The van der Waals surface area contributed by atoms with Crippen LogP contribution in [0.25, 0.3) is 0 Å². The Morgan fingerprint density at radius 2 is 2.26 bits per heavy atom. The third-order valence-corrected chi connectivity index (χ3v) is 4.07. The molecular formula is C14H19N3O2. The molecule has 1 N–H and O–H groups in total. The van der Waals surface area contributed by atoms with Gasteiger partial charge in [0, 0.05) is 38.3 Å². The fourth-order valence-corrected chi connectivity index (χ4v) is 2.90. The number of aromatic nitrogens is 1. The molecule has 2 saturated heterocycles. The molecule has 0 radical (unpaired) electrons. The number of aliphatic hydroxyl groups excluding tert-OH is 1. The maximum atomic E-state index is 11.6. The van der Waals surface area contributed by atoms with Crippen LogP contribution in [0.3, 0.4) is 0 Å². The van der Waals surface area contributed by atoms with E-state index >= 15 is 0 Å². The summed E-state index contributed by atoms with van der Waals surface area (Å²) in [5.41, 5.74) is 0.832. The maximum absolute atomic E-state index is 11.6. The van der Waals surface area contributed by atoms with E-state index in [1.807, 2.05) is 17.0 Å². The second kappa shape index (κ2) is 4.81. The second-order valence-corrected chi connectivity index (χ2v) is 5.35. The summed E-state index contributed by atoms with van der Waals surface area (Å²) in [5.74, 6) is 1.23. The molecule has 5 nitrogen and oxygen atoms in total. The number of nitrogens with zero attached hydrogens (tertiary/aromatic N) is 3. The zero-order valence-electron chi connectivity index (χ0n) is 11.1. The van der Waals surface area contributed by atoms with Gasteiger partial charge in [-0.2, -0.15) is 0 Å². The Morgan fingerprint density at radius 1 is 1.42 bits per heavy atom. The van der Waals surface area contributed by atoms with Gasteiger partial charge in [0.25, 0.3) is 0 Å². The summed E-state index contributed by atoms with van der Waals surface area (Å²) in [4.78, 5) is 20.3. The summed E-state index contributed by atoms with van der Waals surface area (Å²) in [5, 5.41) is 9.48. The molecule has 2 fully saturated rings. The van der Waals surface area contributed by atoms with Crippen molar-refractivity contribution < 1.29 is 9.90 Å². The van der Waals surface area contributed by atoms with Gasteiger partial charge in [0.1, 0.15) is 5.82 Å². The molecule has 1 unspecified atom stereocenters. The molecule has 102 valence electrons. The number of hydrogen-bond donors (Lipinski definition) is 1. The number of carbonyl (C=O) groups is 1. The molecule has 1 aromatic rings. The van der Waals surface area contributed by atoms with Gasteiger partial charge in [-0.25, -0.2) is 4.98 Å². The Balaban J connectivity index is 1.71. The smallest absolute Gasteiger partial charge is 0.223 e. The van der Waals surface area contributed by atoms with Gasteiger partial charge in [0.2, 0.25) is 5.91 Å². The van der Waals surface area contributed by atoms with Crippen LogP contribution in [0, 0.1) is 0 Å². The Bertz CT molecular complexity index is 472. The van der Waals surface area contributed by atoms with Crippen molar-refractivity contribution in [2.24, 2.45) is 0 Å². The third kappa shape index (κ3) is 2.30. The molecule has 5 heteroatoms. The third-order valence-electron chi connectivity index (χ3n) is 4.07. The first-order valence-corrected chi connectivity index (χ1v) is 6.83. The first-order valence-electron chi connectivity index (χ1n) is 6.83. The number of amides is 1. The lowest BCUT2D eigenvalue weighted by Crippen LogP contribution is -2.51. The minimum Gasteiger partial charge on any atom is -0.389 e. The molecule has 0 aliphatic carbocycles. The number of anilines is 1. The van der Waals surface area contributed by atoms with E-state index in [0.717, 1.165) is 37.4 Å². The molecule has 2 aliphatic heterocycles. The molecule has 0 bridgehead atoms. The highest BCUT2D eigenvalue weighted by Gasteiger charge is 2.35. The minimum atomic E-state index is -0.481. The number of pyridine rings is 1. The van der Waals surface area contributed by atoms with Crippen molar-refractivity contribution in [3.05, 3.63) is 23.9 Å². The molecule has 0 saturated carbocycles. The van der Waals surface area contributed by atoms with Crippen LogP contribution >= 0.6 is 0 Å². The highest BCUT2D eigenvalue weighted by molar-refractivity contribution is 5.79. The Morgan fingerprint density at radius 3 is 2.95 bits per heavy atom. The van der Waals surface area contributed by atoms with Gasteiger partial charge < -0.3 is 14.9 Å². The minimum absolute atomic E-state index is 0.294. The van der Waals surface area contributed by atoms with E-state index in [-0.39, 0.29) is 0 Å². The zero-order chi connectivity index (χ0) is 13.4. The van der Waals surface area contributed by atoms with Crippen molar-refractivity contribution in [1.82, 2.24) is 9.88 Å². The average Bonchev–Trinajstić information content (AvgIpc) is 2.80. The topological polar surface area (TPSA) is 56.7 Å². The van der Waals surface area contributed by atoms with Crippen LogP contribution in [0.4, 0.5) is 5.82 Å². The number of rotatable bonds is 2. The van der Waals surface area contributed by atoms with Crippen molar-refractivity contribution in [2.75, 3.05) is 24.5 Å². The van der Waals surface area contributed by atoms with E-state index in [2.05, 4.69) is 9.88 Å². The summed E-state index contributed by atoms with van der Waals surface area (Å²) in [6.07, 6.45) is 2.89. The molecule has 1 amide bonds. The highest BCUT2D eigenvalue weighted by Crippen LogP contribution is 2.25. The Hall–Kier alpha value is -1.62. The van der Waals surface area contributed by atoms with Crippen molar-refractivity contribution in [1.29, 1.82) is 0 Å². The van der Waals surface area contributed by atoms with Crippen LogP contribution in [-0.2, 0) is 4.79 Å². The standard InChI is InChI=1S/C14H19N3O2/c1-10(18)11-2-4-13(15-8-11)16-6-7-17-12(9-16)3-5-14(17)19/h2,4,8,10,12,18H,3,5-7,9H2,1H3/t10-,12?/m0/s1. The van der Waals surface area contributed by atoms with Gasteiger partial charge in [-0.1, -0.05) is 6.07 Å². The zero-order valence-corrected chi connectivity index (χ0v) is 11.1. The average molecular weight is 261 g/mol. The van der Waals surface area contributed by atoms with Gasteiger partial charge in [-0.05, 0) is 25.0 Å². The fraction of sp³-hybridized carbons (Fsp3) is 0.571. The normalized spacial score (nSPS) is 24.5. The van der Waals surface area contributed by atoms with Crippen molar-refractivity contribution in [2.45, 2.75) is 31.9 Å². The van der Waals surface area contributed by atoms with E-state index in [1.165, 1.54) is 0 Å². The quantitative estimate of drug-likeness (QED) is 0.861. The first-order chi connectivity index (χ1) is 9.15. The van der Waals surface area contributed by atoms with Crippen molar-refractivity contribution in [3.8, 4) is 0 Å². The van der Waals surface area contributed by atoms with Crippen molar-refractivity contribution >= 4 is 11.7 Å². The predicted molar refractivity (Wildman–Crippen MR) is 71.8 cm³/mol. The Labute approximate surface area is 112 Å². The van der Waals surface area contributed by atoms with Crippen molar-refractivity contribution in [3.63, 3.8) is 0 Å².